The van der Waals surface area contributed by atoms with Crippen LogP contribution in [0.2, 0.25) is 0 Å². The van der Waals surface area contributed by atoms with Crippen molar-refractivity contribution in [3.05, 3.63) is 62.3 Å². The van der Waals surface area contributed by atoms with Crippen LogP contribution >= 0.6 is 11.3 Å². The van der Waals surface area contributed by atoms with Gasteiger partial charge in [0.15, 0.2) is 0 Å². The van der Waals surface area contributed by atoms with E-state index in [4.69, 9.17) is 4.74 Å². The third kappa shape index (κ3) is 3.25. The van der Waals surface area contributed by atoms with Gasteiger partial charge in [0.05, 0.1) is 18.5 Å². The van der Waals surface area contributed by atoms with Gasteiger partial charge in [0.2, 0.25) is 0 Å². The highest BCUT2D eigenvalue weighted by molar-refractivity contribution is 7.20. The molecule has 0 aliphatic rings. The summed E-state index contributed by atoms with van der Waals surface area (Å²) in [5.74, 6) is -1.10. The van der Waals surface area contributed by atoms with Gasteiger partial charge in [0, 0.05) is 13.5 Å². The highest BCUT2D eigenvalue weighted by Crippen LogP contribution is 2.27. The number of aromatic carboxylic acids is 1. The van der Waals surface area contributed by atoms with Crippen LogP contribution in [0.5, 0.6) is 0 Å². The summed E-state index contributed by atoms with van der Waals surface area (Å²) in [6.07, 6.45) is 0.126. The van der Waals surface area contributed by atoms with Crippen LogP contribution in [-0.2, 0) is 17.7 Å². The van der Waals surface area contributed by atoms with Crippen LogP contribution < -0.4 is 5.56 Å². The minimum atomic E-state index is -1.09. The van der Waals surface area contributed by atoms with Crippen molar-refractivity contribution in [1.29, 1.82) is 0 Å². The van der Waals surface area contributed by atoms with E-state index in [9.17, 15) is 19.1 Å². The molecule has 0 spiro atoms. The molecule has 0 bridgehead atoms. The van der Waals surface area contributed by atoms with Gasteiger partial charge in [-0.1, -0.05) is 18.2 Å². The molecule has 0 aliphatic carbocycles. The molecule has 26 heavy (non-hydrogen) atoms. The van der Waals surface area contributed by atoms with Gasteiger partial charge in [0.25, 0.3) is 5.56 Å². The Bertz CT molecular complexity index is 1040. The fourth-order valence-corrected chi connectivity index (χ4v) is 3.85. The average Bonchev–Trinajstić information content (AvgIpc) is 2.93. The molecule has 0 unspecified atom stereocenters. The number of hydrogen-bond donors (Lipinski definition) is 1. The number of aryl methyl sites for hydroxylation is 1. The number of hydrogen-bond acceptors (Lipinski definition) is 5. The van der Waals surface area contributed by atoms with Crippen molar-refractivity contribution < 1.29 is 19.0 Å². The predicted molar refractivity (Wildman–Crippen MR) is 96.7 cm³/mol. The van der Waals surface area contributed by atoms with E-state index in [1.165, 1.54) is 17.7 Å². The molecule has 0 saturated heterocycles. The SMILES string of the molecule is COCCn1c(Cc2ccccc2F)nc2sc(C(=O)O)c(C)c2c1=O. The minimum Gasteiger partial charge on any atom is -0.477 e. The van der Waals surface area contributed by atoms with E-state index in [0.29, 0.717) is 27.2 Å². The summed E-state index contributed by atoms with van der Waals surface area (Å²) in [6.45, 7) is 2.13. The highest BCUT2D eigenvalue weighted by atomic mass is 32.1. The summed E-state index contributed by atoms with van der Waals surface area (Å²) in [5, 5.41) is 9.61. The molecule has 0 radical (unpaired) electrons. The Kier molecular flexibility index (Phi) is 5.15. The molecule has 0 fully saturated rings. The van der Waals surface area contributed by atoms with Gasteiger partial charge < -0.3 is 9.84 Å². The highest BCUT2D eigenvalue weighted by Gasteiger charge is 2.21. The average molecular weight is 376 g/mol. The zero-order valence-corrected chi connectivity index (χ0v) is 15.1. The van der Waals surface area contributed by atoms with E-state index >= 15 is 0 Å². The molecule has 1 aromatic carbocycles. The summed E-state index contributed by atoms with van der Waals surface area (Å²) in [5.41, 5.74) is 0.481. The van der Waals surface area contributed by atoms with Crippen LogP contribution in [0.15, 0.2) is 29.1 Å². The number of aromatic nitrogens is 2. The second kappa shape index (κ2) is 7.35. The van der Waals surface area contributed by atoms with Gasteiger partial charge >= 0.3 is 5.97 Å². The first-order valence-electron chi connectivity index (χ1n) is 7.92. The number of methoxy groups -OCH3 is 1. The van der Waals surface area contributed by atoms with Gasteiger partial charge in [0.1, 0.15) is 21.3 Å². The maximum absolute atomic E-state index is 14.0. The molecule has 1 N–H and O–H groups in total. The lowest BCUT2D eigenvalue weighted by molar-refractivity contribution is 0.0701. The van der Waals surface area contributed by atoms with Crippen LogP contribution in [0.3, 0.4) is 0 Å². The Morgan fingerprint density at radius 1 is 1.38 bits per heavy atom. The van der Waals surface area contributed by atoms with E-state index in [2.05, 4.69) is 4.98 Å². The zero-order chi connectivity index (χ0) is 18.8. The second-order valence-electron chi connectivity index (χ2n) is 5.79. The van der Waals surface area contributed by atoms with Gasteiger partial charge in [-0.2, -0.15) is 0 Å². The largest absolute Gasteiger partial charge is 0.477 e. The monoisotopic (exact) mass is 376 g/mol. The van der Waals surface area contributed by atoms with Crippen molar-refractivity contribution in [2.45, 2.75) is 19.9 Å². The van der Waals surface area contributed by atoms with Crippen LogP contribution in [-0.4, -0.2) is 34.3 Å². The Labute approximate surface area is 152 Å². The molecule has 0 amide bonds. The number of carbonyl (C=O) groups is 1. The normalized spacial score (nSPS) is 11.2. The lowest BCUT2D eigenvalue weighted by Crippen LogP contribution is -2.27. The molecule has 0 saturated carbocycles. The first-order valence-corrected chi connectivity index (χ1v) is 8.74. The molecule has 136 valence electrons. The first-order chi connectivity index (χ1) is 12.4. The molecule has 0 atom stereocenters. The number of halogens is 1. The quantitative estimate of drug-likeness (QED) is 0.715. The maximum atomic E-state index is 14.0. The molecular formula is C18H17FN2O4S. The number of ether oxygens (including phenoxy) is 1. The summed E-state index contributed by atoms with van der Waals surface area (Å²) in [4.78, 5) is 29.3. The first kappa shape index (κ1) is 18.2. The van der Waals surface area contributed by atoms with Crippen molar-refractivity contribution in [3.63, 3.8) is 0 Å². The summed E-state index contributed by atoms with van der Waals surface area (Å²) in [7, 11) is 1.52. The van der Waals surface area contributed by atoms with E-state index in [1.807, 2.05) is 0 Å². The third-order valence-electron chi connectivity index (χ3n) is 4.15. The van der Waals surface area contributed by atoms with Crippen LogP contribution in [0.4, 0.5) is 4.39 Å². The molecule has 2 aromatic heterocycles. The van der Waals surface area contributed by atoms with Crippen molar-refractivity contribution in [2.75, 3.05) is 13.7 Å². The fraction of sp³-hybridized carbons (Fsp3) is 0.278. The summed E-state index contributed by atoms with van der Waals surface area (Å²) >= 11 is 0.959. The van der Waals surface area contributed by atoms with Crippen molar-refractivity contribution >= 4 is 27.5 Å². The van der Waals surface area contributed by atoms with Crippen molar-refractivity contribution in [3.8, 4) is 0 Å². The topological polar surface area (TPSA) is 81.4 Å². The number of nitrogens with zero attached hydrogens (tertiary/aromatic N) is 2. The number of benzene rings is 1. The van der Waals surface area contributed by atoms with Gasteiger partial charge in [-0.3, -0.25) is 9.36 Å². The van der Waals surface area contributed by atoms with Gasteiger partial charge in [-0.15, -0.1) is 11.3 Å². The van der Waals surface area contributed by atoms with Crippen LogP contribution in [0.1, 0.15) is 26.6 Å². The Balaban J connectivity index is 2.21. The molecule has 3 aromatic rings. The van der Waals surface area contributed by atoms with Crippen molar-refractivity contribution in [2.24, 2.45) is 0 Å². The van der Waals surface area contributed by atoms with Crippen LogP contribution in [0, 0.1) is 12.7 Å². The number of carboxylic acid groups (broad SMARTS) is 1. The predicted octanol–water partition coefficient (Wildman–Crippen LogP) is 2.84. The van der Waals surface area contributed by atoms with E-state index in [-0.39, 0.29) is 35.8 Å². The van der Waals surface area contributed by atoms with E-state index < -0.39 is 5.97 Å². The lowest BCUT2D eigenvalue weighted by Gasteiger charge is -2.12. The van der Waals surface area contributed by atoms with E-state index in [1.54, 1.807) is 25.1 Å². The Morgan fingerprint density at radius 3 is 2.77 bits per heavy atom. The van der Waals surface area contributed by atoms with E-state index in [0.717, 1.165) is 11.3 Å². The number of rotatable bonds is 6. The number of carboxylic acids is 1. The summed E-state index contributed by atoms with van der Waals surface area (Å²) < 4.78 is 20.5. The van der Waals surface area contributed by atoms with Crippen molar-refractivity contribution in [1.82, 2.24) is 9.55 Å². The minimum absolute atomic E-state index is 0.0888. The number of thiophene rings is 1. The molecule has 6 nitrogen and oxygen atoms in total. The third-order valence-corrected chi connectivity index (χ3v) is 5.32. The number of fused-ring (bicyclic) bond motifs is 1. The maximum Gasteiger partial charge on any atom is 0.346 e. The lowest BCUT2D eigenvalue weighted by atomic mass is 10.1. The Morgan fingerprint density at radius 2 is 2.12 bits per heavy atom. The fourth-order valence-electron chi connectivity index (χ4n) is 2.82. The molecular weight excluding hydrogens is 359 g/mol. The molecule has 2 heterocycles. The summed E-state index contributed by atoms with van der Waals surface area (Å²) in [6, 6.07) is 6.29. The standard InChI is InChI=1S/C18H17FN2O4S/c1-10-14-16(26-15(10)18(23)24)20-13(21(17(14)22)7-8-25-2)9-11-5-3-4-6-12(11)19/h3-6H,7-9H2,1-2H3,(H,23,24). The van der Waals surface area contributed by atoms with Crippen LogP contribution in [0.25, 0.3) is 10.2 Å². The Hall–Kier alpha value is -2.58. The zero-order valence-electron chi connectivity index (χ0n) is 14.3. The molecule has 3 rings (SSSR count). The van der Waals surface area contributed by atoms with Gasteiger partial charge in [-0.25, -0.2) is 14.2 Å². The smallest absolute Gasteiger partial charge is 0.346 e. The van der Waals surface area contributed by atoms with Gasteiger partial charge in [-0.05, 0) is 24.1 Å². The molecule has 8 heteroatoms. The molecule has 0 aliphatic heterocycles. The second-order valence-corrected chi connectivity index (χ2v) is 6.79.